The Balaban J connectivity index is 2.13. The molecule has 0 bridgehead atoms. The number of ether oxygens (including phenoxy) is 1. The van der Waals surface area contributed by atoms with Crippen molar-refractivity contribution in [1.82, 2.24) is 4.90 Å². The summed E-state index contributed by atoms with van der Waals surface area (Å²) >= 11 is 0. The number of likely N-dealkylation sites (tertiary alicyclic amines) is 1. The van der Waals surface area contributed by atoms with Crippen LogP contribution in [0.15, 0.2) is 22.8 Å². The Morgan fingerprint density at radius 2 is 2.17 bits per heavy atom. The van der Waals surface area contributed by atoms with E-state index in [1.807, 2.05) is 6.92 Å². The van der Waals surface area contributed by atoms with Gasteiger partial charge in [-0.2, -0.15) is 0 Å². The van der Waals surface area contributed by atoms with Crippen molar-refractivity contribution in [2.45, 2.75) is 31.3 Å². The van der Waals surface area contributed by atoms with Crippen molar-refractivity contribution in [1.29, 1.82) is 0 Å². The topological polar surface area (TPSA) is 93.4 Å². The second-order valence-corrected chi connectivity index (χ2v) is 6.23. The lowest BCUT2D eigenvalue weighted by Crippen LogP contribution is -2.98. The summed E-state index contributed by atoms with van der Waals surface area (Å²) in [4.78, 5) is 39.0. The number of methoxy groups -OCH3 is 1. The number of rotatable bonds is 4. The molecule has 124 valence electrons. The van der Waals surface area contributed by atoms with Gasteiger partial charge in [-0.05, 0) is 18.6 Å². The van der Waals surface area contributed by atoms with Gasteiger partial charge in [-0.15, -0.1) is 0 Å². The molecule has 0 saturated carbocycles. The van der Waals surface area contributed by atoms with Gasteiger partial charge in [-0.1, -0.05) is 6.92 Å². The summed E-state index contributed by atoms with van der Waals surface area (Å²) in [6.45, 7) is 1.94. The van der Waals surface area contributed by atoms with Crippen molar-refractivity contribution in [3.63, 3.8) is 0 Å². The van der Waals surface area contributed by atoms with Crippen LogP contribution in [0.1, 0.15) is 31.6 Å². The molecule has 2 amide bonds. The lowest BCUT2D eigenvalue weighted by Gasteiger charge is -2.28. The van der Waals surface area contributed by atoms with Crippen molar-refractivity contribution in [2.75, 3.05) is 14.2 Å². The third kappa shape index (κ3) is 2.03. The molecule has 23 heavy (non-hydrogen) atoms. The van der Waals surface area contributed by atoms with Gasteiger partial charge in [0.05, 0.1) is 13.4 Å². The summed E-state index contributed by atoms with van der Waals surface area (Å²) in [5, 5.41) is 1.80. The molecule has 3 rings (SSSR count). The molecule has 0 aromatic carbocycles. The number of esters is 1. The van der Waals surface area contributed by atoms with E-state index in [9.17, 15) is 14.4 Å². The molecule has 2 fully saturated rings. The Kier molecular flexibility index (Phi) is 3.75. The zero-order valence-corrected chi connectivity index (χ0v) is 13.4. The Morgan fingerprint density at radius 3 is 2.74 bits per heavy atom. The number of hydrogen-bond acceptors (Lipinski definition) is 5. The number of furan rings is 1. The summed E-state index contributed by atoms with van der Waals surface area (Å²) in [5.41, 5.74) is -1.08. The number of nitrogens with zero attached hydrogens (tertiary/aromatic N) is 1. The van der Waals surface area contributed by atoms with Crippen LogP contribution in [0.2, 0.25) is 0 Å². The minimum Gasteiger partial charge on any atom is -0.464 e. The maximum atomic E-state index is 12.7. The first kappa shape index (κ1) is 15.7. The second-order valence-electron chi connectivity index (χ2n) is 6.23. The number of fused-ring (bicyclic) bond motifs is 1. The predicted molar refractivity (Wildman–Crippen MR) is 77.8 cm³/mol. The van der Waals surface area contributed by atoms with Crippen molar-refractivity contribution in [3.05, 3.63) is 24.2 Å². The predicted octanol–water partition coefficient (Wildman–Crippen LogP) is -0.159. The van der Waals surface area contributed by atoms with Crippen LogP contribution in [0.25, 0.3) is 0 Å². The quantitative estimate of drug-likeness (QED) is 0.614. The molecule has 7 nitrogen and oxygen atoms in total. The van der Waals surface area contributed by atoms with Gasteiger partial charge in [-0.25, -0.2) is 4.79 Å². The van der Waals surface area contributed by atoms with E-state index < -0.39 is 29.4 Å². The fourth-order valence-electron chi connectivity index (χ4n) is 4.15. The van der Waals surface area contributed by atoms with Crippen LogP contribution < -0.4 is 5.32 Å². The fourth-order valence-corrected chi connectivity index (χ4v) is 4.15. The van der Waals surface area contributed by atoms with E-state index in [0.29, 0.717) is 18.6 Å². The van der Waals surface area contributed by atoms with E-state index in [-0.39, 0.29) is 11.8 Å². The Labute approximate surface area is 134 Å². The van der Waals surface area contributed by atoms with Crippen LogP contribution >= 0.6 is 0 Å². The fraction of sp³-hybridized carbons (Fsp3) is 0.562. The molecule has 0 unspecified atom stereocenters. The Morgan fingerprint density at radius 1 is 1.43 bits per heavy atom. The normalized spacial score (nSPS) is 33.2. The van der Waals surface area contributed by atoms with Gasteiger partial charge in [-0.3, -0.25) is 14.5 Å². The van der Waals surface area contributed by atoms with Crippen LogP contribution in [0.3, 0.4) is 0 Å². The van der Waals surface area contributed by atoms with Gasteiger partial charge in [0.25, 0.3) is 0 Å². The highest BCUT2D eigenvalue weighted by Crippen LogP contribution is 2.45. The lowest BCUT2D eigenvalue weighted by atomic mass is 9.77. The Hall–Kier alpha value is -2.15. The van der Waals surface area contributed by atoms with Gasteiger partial charge in [0.15, 0.2) is 11.8 Å². The third-order valence-corrected chi connectivity index (χ3v) is 5.09. The number of nitrogens with two attached hydrogens (primary N) is 1. The minimum absolute atomic E-state index is 0.264. The first-order valence-corrected chi connectivity index (χ1v) is 7.77. The summed E-state index contributed by atoms with van der Waals surface area (Å²) in [6, 6.07) is 3.11. The standard InChI is InChI=1S/C16H20N2O5/c1-4-7-16(15(21)22-3)11-10(13(19)18(2)14(11)20)12(17-16)9-6-5-8-23-9/h5-6,8,10-12,17H,4,7H2,1-3H3/p+1/t10-,11+,12-,16-/m0/s1. The molecule has 2 saturated heterocycles. The average molecular weight is 321 g/mol. The zero-order chi connectivity index (χ0) is 16.8. The summed E-state index contributed by atoms with van der Waals surface area (Å²) in [5.74, 6) is -1.77. The molecule has 2 aliphatic rings. The molecule has 0 aliphatic carbocycles. The summed E-state index contributed by atoms with van der Waals surface area (Å²) in [7, 11) is 2.78. The second kappa shape index (κ2) is 5.49. The maximum absolute atomic E-state index is 12.7. The number of carbonyl (C=O) groups is 3. The molecule has 2 N–H and O–H groups in total. The highest BCUT2D eigenvalue weighted by molar-refractivity contribution is 6.08. The molecule has 2 aliphatic heterocycles. The van der Waals surface area contributed by atoms with Crippen LogP contribution in [0.5, 0.6) is 0 Å². The van der Waals surface area contributed by atoms with Crippen molar-refractivity contribution < 1.29 is 28.9 Å². The molecule has 3 heterocycles. The number of imide groups is 1. The molecule has 1 aromatic heterocycles. The molecule has 0 radical (unpaired) electrons. The van der Waals surface area contributed by atoms with Crippen LogP contribution in [0.4, 0.5) is 0 Å². The van der Waals surface area contributed by atoms with E-state index >= 15 is 0 Å². The maximum Gasteiger partial charge on any atom is 0.368 e. The van der Waals surface area contributed by atoms with Gasteiger partial charge >= 0.3 is 5.97 Å². The summed E-state index contributed by atoms with van der Waals surface area (Å²) < 4.78 is 10.5. The van der Waals surface area contributed by atoms with E-state index in [2.05, 4.69) is 0 Å². The van der Waals surface area contributed by atoms with Crippen LogP contribution in [-0.2, 0) is 19.1 Å². The first-order valence-electron chi connectivity index (χ1n) is 7.77. The smallest absolute Gasteiger partial charge is 0.368 e. The lowest BCUT2D eigenvalue weighted by molar-refractivity contribution is -0.736. The molecule has 1 aromatic rings. The van der Waals surface area contributed by atoms with E-state index in [0.717, 1.165) is 4.90 Å². The SMILES string of the molecule is CCC[C@]1(C(=O)OC)[NH2+][C@@H](c2ccco2)[C@H]2C(=O)N(C)C(=O)[C@@H]21. The Bertz CT molecular complexity index is 641. The van der Waals surface area contributed by atoms with E-state index in [1.54, 1.807) is 17.4 Å². The largest absolute Gasteiger partial charge is 0.464 e. The summed E-state index contributed by atoms with van der Waals surface area (Å²) in [6.07, 6.45) is 2.69. The van der Waals surface area contributed by atoms with Crippen molar-refractivity contribution >= 4 is 17.8 Å². The van der Waals surface area contributed by atoms with Crippen LogP contribution in [0, 0.1) is 11.8 Å². The van der Waals surface area contributed by atoms with E-state index in [1.165, 1.54) is 20.4 Å². The minimum atomic E-state index is -1.08. The average Bonchev–Trinajstić information content (AvgIpc) is 3.22. The molecular formula is C16H21N2O5+. The highest BCUT2D eigenvalue weighted by Gasteiger charge is 2.72. The van der Waals surface area contributed by atoms with E-state index in [4.69, 9.17) is 9.15 Å². The number of quaternary nitrogens is 1. The number of amides is 2. The van der Waals surface area contributed by atoms with Crippen LogP contribution in [-0.4, -0.2) is 42.4 Å². The molecule has 0 spiro atoms. The van der Waals surface area contributed by atoms with Crippen molar-refractivity contribution in [2.24, 2.45) is 11.8 Å². The van der Waals surface area contributed by atoms with Gasteiger partial charge in [0, 0.05) is 13.5 Å². The van der Waals surface area contributed by atoms with Crippen molar-refractivity contribution in [3.8, 4) is 0 Å². The van der Waals surface area contributed by atoms with Gasteiger partial charge < -0.3 is 14.5 Å². The number of carbonyl (C=O) groups excluding carboxylic acids is 3. The third-order valence-electron chi connectivity index (χ3n) is 5.09. The van der Waals surface area contributed by atoms with Gasteiger partial charge in [0.1, 0.15) is 11.8 Å². The zero-order valence-electron chi connectivity index (χ0n) is 13.4. The number of hydrogen-bond donors (Lipinski definition) is 1. The monoisotopic (exact) mass is 321 g/mol. The molecule has 4 atom stereocenters. The molecular weight excluding hydrogens is 300 g/mol. The molecule has 7 heteroatoms. The highest BCUT2D eigenvalue weighted by atomic mass is 16.5. The first-order chi connectivity index (χ1) is 11.0. The van der Waals surface area contributed by atoms with Gasteiger partial charge in [0.2, 0.25) is 17.4 Å².